The average Bonchev–Trinajstić information content (AvgIpc) is 3.27. The van der Waals surface area contributed by atoms with E-state index in [2.05, 4.69) is 10.6 Å². The fourth-order valence-corrected chi connectivity index (χ4v) is 2.75. The van der Waals surface area contributed by atoms with Crippen LogP contribution < -0.4 is 10.6 Å². The summed E-state index contributed by atoms with van der Waals surface area (Å²) in [6.45, 7) is 0.0478. The van der Waals surface area contributed by atoms with Gasteiger partial charge in [0.05, 0.1) is 12.8 Å². The molecule has 1 atom stereocenters. The Labute approximate surface area is 143 Å². The molecule has 0 aliphatic carbocycles. The van der Waals surface area contributed by atoms with Crippen LogP contribution in [0, 0.1) is 0 Å². The molecule has 0 aliphatic rings. The molecule has 4 rings (SSSR count). The second-order valence-corrected chi connectivity index (χ2v) is 5.68. The molecular weight excluding hydrogens is 320 g/mol. The molecule has 0 radical (unpaired) electrons. The van der Waals surface area contributed by atoms with Crippen molar-refractivity contribution < 1.29 is 18.7 Å². The molecule has 2 heterocycles. The van der Waals surface area contributed by atoms with Crippen LogP contribution in [0.5, 0.6) is 0 Å². The maximum atomic E-state index is 12.0. The highest BCUT2D eigenvalue weighted by Gasteiger charge is 2.12. The number of aliphatic hydroxyl groups excluding tert-OH is 1. The lowest BCUT2D eigenvalue weighted by atomic mass is 10.1. The maximum Gasteiger partial charge on any atom is 0.319 e. The molecule has 0 fully saturated rings. The van der Waals surface area contributed by atoms with Crippen LogP contribution in [0.3, 0.4) is 0 Å². The van der Waals surface area contributed by atoms with Crippen molar-refractivity contribution in [2.45, 2.75) is 6.10 Å². The number of benzene rings is 2. The Morgan fingerprint density at radius 2 is 1.88 bits per heavy atom. The van der Waals surface area contributed by atoms with E-state index in [1.807, 2.05) is 36.4 Å². The van der Waals surface area contributed by atoms with E-state index < -0.39 is 12.1 Å². The summed E-state index contributed by atoms with van der Waals surface area (Å²) in [7, 11) is 0. The number of carbonyl (C=O) groups excluding carboxylic acids is 1. The monoisotopic (exact) mass is 336 g/mol. The Bertz CT molecular complexity index is 1020. The molecule has 0 bridgehead atoms. The zero-order valence-corrected chi connectivity index (χ0v) is 13.2. The summed E-state index contributed by atoms with van der Waals surface area (Å²) >= 11 is 0. The number of para-hydroxylation sites is 1. The number of hydrogen-bond acceptors (Lipinski definition) is 4. The first kappa shape index (κ1) is 15.3. The summed E-state index contributed by atoms with van der Waals surface area (Å²) in [5.41, 5.74) is 2.12. The number of amides is 2. The number of furan rings is 2. The Morgan fingerprint density at radius 1 is 1.04 bits per heavy atom. The zero-order valence-electron chi connectivity index (χ0n) is 13.2. The highest BCUT2D eigenvalue weighted by atomic mass is 16.4. The minimum atomic E-state index is -0.890. The van der Waals surface area contributed by atoms with Gasteiger partial charge in [-0.1, -0.05) is 18.2 Å². The molecule has 0 aliphatic heterocycles. The first-order valence-corrected chi connectivity index (χ1v) is 7.88. The minimum Gasteiger partial charge on any atom is -0.467 e. The van der Waals surface area contributed by atoms with Gasteiger partial charge < -0.3 is 24.6 Å². The van der Waals surface area contributed by atoms with E-state index >= 15 is 0 Å². The summed E-state index contributed by atoms with van der Waals surface area (Å²) < 4.78 is 10.9. The topological polar surface area (TPSA) is 87.6 Å². The molecule has 2 aromatic carbocycles. The lowest BCUT2D eigenvalue weighted by Gasteiger charge is -2.10. The summed E-state index contributed by atoms with van der Waals surface area (Å²) in [6.07, 6.45) is 0.583. The van der Waals surface area contributed by atoms with Gasteiger partial charge in [0.25, 0.3) is 0 Å². The van der Waals surface area contributed by atoms with Gasteiger partial charge in [-0.3, -0.25) is 0 Å². The van der Waals surface area contributed by atoms with Gasteiger partial charge in [-0.25, -0.2) is 4.79 Å². The van der Waals surface area contributed by atoms with Gasteiger partial charge >= 0.3 is 6.03 Å². The number of nitrogens with one attached hydrogen (secondary N) is 2. The first-order valence-electron chi connectivity index (χ1n) is 7.88. The summed E-state index contributed by atoms with van der Waals surface area (Å²) in [4.78, 5) is 12.0. The van der Waals surface area contributed by atoms with Crippen LogP contribution in [-0.4, -0.2) is 17.7 Å². The maximum absolute atomic E-state index is 12.0. The summed E-state index contributed by atoms with van der Waals surface area (Å²) in [6, 6.07) is 16.2. The van der Waals surface area contributed by atoms with Crippen molar-refractivity contribution in [3.63, 3.8) is 0 Å². The third-order valence-corrected chi connectivity index (χ3v) is 3.96. The Balaban J connectivity index is 1.45. The van der Waals surface area contributed by atoms with Gasteiger partial charge in [0.1, 0.15) is 23.0 Å². The van der Waals surface area contributed by atoms with Crippen molar-refractivity contribution in [2.24, 2.45) is 0 Å². The molecule has 1 unspecified atom stereocenters. The van der Waals surface area contributed by atoms with Crippen LogP contribution in [0.4, 0.5) is 10.5 Å². The SMILES string of the molecule is O=C(NCC(O)c1ccco1)Nc1ccc2c(c1)oc1ccccc12. The molecule has 25 heavy (non-hydrogen) atoms. The van der Waals surface area contributed by atoms with Crippen LogP contribution in [0.15, 0.2) is 69.7 Å². The van der Waals surface area contributed by atoms with E-state index in [1.165, 1.54) is 6.26 Å². The van der Waals surface area contributed by atoms with Gasteiger partial charge in [-0.05, 0) is 30.3 Å². The minimum absolute atomic E-state index is 0.0478. The predicted molar refractivity (Wildman–Crippen MR) is 94.4 cm³/mol. The summed E-state index contributed by atoms with van der Waals surface area (Å²) in [5, 5.41) is 17.3. The van der Waals surface area contributed by atoms with E-state index in [0.717, 1.165) is 16.4 Å². The zero-order chi connectivity index (χ0) is 17.2. The van der Waals surface area contributed by atoms with E-state index in [-0.39, 0.29) is 6.54 Å². The third-order valence-electron chi connectivity index (χ3n) is 3.96. The third kappa shape index (κ3) is 3.07. The smallest absolute Gasteiger partial charge is 0.319 e. The number of anilines is 1. The van der Waals surface area contributed by atoms with Gasteiger partial charge in [0.15, 0.2) is 0 Å². The van der Waals surface area contributed by atoms with Crippen molar-refractivity contribution in [3.05, 3.63) is 66.6 Å². The molecule has 6 heteroatoms. The van der Waals surface area contributed by atoms with Gasteiger partial charge in [0.2, 0.25) is 0 Å². The van der Waals surface area contributed by atoms with E-state index in [1.54, 1.807) is 18.2 Å². The number of carbonyl (C=O) groups is 1. The number of fused-ring (bicyclic) bond motifs is 3. The summed E-state index contributed by atoms with van der Waals surface area (Å²) in [5.74, 6) is 0.406. The standard InChI is InChI=1S/C19H16N2O4/c22-15(17-6-3-9-24-17)11-20-19(23)21-12-7-8-14-13-4-1-2-5-16(13)25-18(14)10-12/h1-10,15,22H,11H2,(H2,20,21,23). The quantitative estimate of drug-likeness (QED) is 0.525. The van der Waals surface area contributed by atoms with E-state index in [9.17, 15) is 9.90 Å². The average molecular weight is 336 g/mol. The first-order chi connectivity index (χ1) is 12.2. The molecule has 126 valence electrons. The van der Waals surface area contributed by atoms with Crippen LogP contribution in [0.1, 0.15) is 11.9 Å². The van der Waals surface area contributed by atoms with Crippen molar-refractivity contribution in [2.75, 3.05) is 11.9 Å². The lowest BCUT2D eigenvalue weighted by molar-refractivity contribution is 0.149. The number of aliphatic hydroxyl groups is 1. The highest BCUT2D eigenvalue weighted by Crippen LogP contribution is 2.30. The molecular formula is C19H16N2O4. The fourth-order valence-electron chi connectivity index (χ4n) is 2.75. The van der Waals surface area contributed by atoms with Crippen molar-refractivity contribution in [1.29, 1.82) is 0 Å². The molecule has 2 amide bonds. The van der Waals surface area contributed by atoms with Crippen LogP contribution in [0.2, 0.25) is 0 Å². The fraction of sp³-hybridized carbons (Fsp3) is 0.105. The van der Waals surface area contributed by atoms with Gasteiger partial charge in [0, 0.05) is 22.5 Å². The van der Waals surface area contributed by atoms with Gasteiger partial charge in [-0.15, -0.1) is 0 Å². The molecule has 6 nitrogen and oxygen atoms in total. The van der Waals surface area contributed by atoms with Crippen LogP contribution >= 0.6 is 0 Å². The second-order valence-electron chi connectivity index (χ2n) is 5.68. The number of hydrogen-bond donors (Lipinski definition) is 3. The second kappa shape index (κ2) is 6.33. The number of rotatable bonds is 4. The predicted octanol–water partition coefficient (Wildman–Crippen LogP) is 4.03. The molecule has 3 N–H and O–H groups in total. The normalized spacial score (nSPS) is 12.4. The van der Waals surface area contributed by atoms with E-state index in [4.69, 9.17) is 8.83 Å². The largest absolute Gasteiger partial charge is 0.467 e. The van der Waals surface area contributed by atoms with E-state index in [0.29, 0.717) is 17.0 Å². The molecule has 4 aromatic rings. The van der Waals surface area contributed by atoms with Crippen molar-refractivity contribution in [3.8, 4) is 0 Å². The molecule has 2 aromatic heterocycles. The lowest BCUT2D eigenvalue weighted by Crippen LogP contribution is -2.32. The van der Waals surface area contributed by atoms with Crippen LogP contribution in [0.25, 0.3) is 21.9 Å². The Hall–Kier alpha value is -3.25. The van der Waals surface area contributed by atoms with Crippen molar-refractivity contribution >= 4 is 33.7 Å². The number of urea groups is 1. The Morgan fingerprint density at radius 3 is 2.72 bits per heavy atom. The van der Waals surface area contributed by atoms with Gasteiger partial charge in [-0.2, -0.15) is 0 Å². The molecule has 0 spiro atoms. The van der Waals surface area contributed by atoms with Crippen molar-refractivity contribution in [1.82, 2.24) is 5.32 Å². The highest BCUT2D eigenvalue weighted by molar-refractivity contribution is 6.06. The van der Waals surface area contributed by atoms with Crippen LogP contribution in [-0.2, 0) is 0 Å². The molecule has 0 saturated heterocycles. The Kier molecular flexibility index (Phi) is 3.87. The molecule has 0 saturated carbocycles.